The second-order valence-electron chi connectivity index (χ2n) is 3.05. The summed E-state index contributed by atoms with van der Waals surface area (Å²) < 4.78 is 0. The highest BCUT2D eigenvalue weighted by molar-refractivity contribution is 7.18. The smallest absolute Gasteiger partial charge is 0.355 e. The van der Waals surface area contributed by atoms with Gasteiger partial charge in [-0.1, -0.05) is 0 Å². The molecule has 0 fully saturated rings. The minimum absolute atomic E-state index is 0.0121. The number of carbonyl (C=O) groups is 1. The van der Waals surface area contributed by atoms with Gasteiger partial charge < -0.3 is 10.4 Å². The van der Waals surface area contributed by atoms with Gasteiger partial charge in [-0.15, -0.1) is 11.3 Å². The third-order valence-electron chi connectivity index (χ3n) is 1.84. The molecule has 0 bridgehead atoms. The lowest BCUT2D eigenvalue weighted by Crippen LogP contribution is -2.00. The first-order valence-electron chi connectivity index (χ1n) is 4.58. The van der Waals surface area contributed by atoms with Crippen LogP contribution in [0.5, 0.6) is 0 Å². The van der Waals surface area contributed by atoms with Crippen LogP contribution in [0.1, 0.15) is 15.5 Å². The number of carboxylic acids is 1. The number of aromatic carboxylic acids is 1. The Morgan fingerprint density at radius 2 is 2.39 bits per heavy atom. The summed E-state index contributed by atoms with van der Waals surface area (Å²) in [6.07, 6.45) is 1.16. The Labute approximate surface area is 108 Å². The van der Waals surface area contributed by atoms with E-state index in [1.54, 1.807) is 0 Å². The molecule has 0 spiro atoms. The molecule has 2 aromatic rings. The van der Waals surface area contributed by atoms with Crippen molar-refractivity contribution in [3.63, 3.8) is 0 Å². The largest absolute Gasteiger partial charge is 0.476 e. The Morgan fingerprint density at radius 1 is 1.61 bits per heavy atom. The molecular weight excluding hydrogens is 280 g/mol. The van der Waals surface area contributed by atoms with E-state index in [2.05, 4.69) is 15.3 Å². The molecule has 2 rings (SSSR count). The fourth-order valence-electron chi connectivity index (χ4n) is 1.07. The number of nitrogens with zero attached hydrogens (tertiary/aromatic N) is 3. The monoisotopic (exact) mass is 286 g/mol. The van der Waals surface area contributed by atoms with E-state index < -0.39 is 10.9 Å². The van der Waals surface area contributed by atoms with Gasteiger partial charge in [0.05, 0.1) is 11.5 Å². The molecule has 2 N–H and O–H groups in total. The van der Waals surface area contributed by atoms with Gasteiger partial charge in [-0.05, 0) is 11.3 Å². The highest BCUT2D eigenvalue weighted by Crippen LogP contribution is 2.25. The standard InChI is InChI=1S/C8H6N4O4S2/c13-7(14)4-3-17-5(11-4)1-9-8-10-2-6(18-8)12(15)16/h2-3H,1H2,(H,9,10)(H,13,14). The van der Waals surface area contributed by atoms with Crippen molar-refractivity contribution in [1.82, 2.24) is 9.97 Å². The maximum absolute atomic E-state index is 10.6. The minimum atomic E-state index is -1.08. The summed E-state index contributed by atoms with van der Waals surface area (Å²) in [6.45, 7) is 0.280. The highest BCUT2D eigenvalue weighted by Gasteiger charge is 2.12. The van der Waals surface area contributed by atoms with E-state index in [0.29, 0.717) is 10.1 Å². The minimum Gasteiger partial charge on any atom is -0.476 e. The zero-order valence-corrected chi connectivity index (χ0v) is 10.3. The number of rotatable bonds is 5. The van der Waals surface area contributed by atoms with Gasteiger partial charge in [-0.3, -0.25) is 10.1 Å². The lowest BCUT2D eigenvalue weighted by Gasteiger charge is -1.96. The summed E-state index contributed by atoms with van der Waals surface area (Å²) in [5.74, 6) is -1.08. The van der Waals surface area contributed by atoms with E-state index in [0.717, 1.165) is 17.5 Å². The van der Waals surface area contributed by atoms with Gasteiger partial charge in [0.1, 0.15) is 11.2 Å². The molecule has 0 atom stereocenters. The molecule has 18 heavy (non-hydrogen) atoms. The average molecular weight is 286 g/mol. The maximum Gasteiger partial charge on any atom is 0.355 e. The summed E-state index contributed by atoms with van der Waals surface area (Å²) in [5.41, 5.74) is -0.0121. The highest BCUT2D eigenvalue weighted by atomic mass is 32.1. The van der Waals surface area contributed by atoms with Crippen LogP contribution >= 0.6 is 22.7 Å². The molecule has 0 saturated carbocycles. The molecule has 0 amide bonds. The van der Waals surface area contributed by atoms with E-state index in [1.807, 2.05) is 0 Å². The topological polar surface area (TPSA) is 118 Å². The Morgan fingerprint density at radius 3 is 2.94 bits per heavy atom. The van der Waals surface area contributed by atoms with E-state index >= 15 is 0 Å². The van der Waals surface area contributed by atoms with Crippen molar-refractivity contribution in [3.8, 4) is 0 Å². The first-order valence-corrected chi connectivity index (χ1v) is 6.27. The van der Waals surface area contributed by atoms with E-state index in [1.165, 1.54) is 16.7 Å². The van der Waals surface area contributed by atoms with Crippen LogP contribution in [-0.2, 0) is 6.54 Å². The summed E-state index contributed by atoms with van der Waals surface area (Å²) in [4.78, 5) is 28.2. The summed E-state index contributed by atoms with van der Waals surface area (Å²) in [7, 11) is 0. The molecule has 2 aromatic heterocycles. The second-order valence-corrected chi connectivity index (χ2v) is 5.00. The van der Waals surface area contributed by atoms with Crippen molar-refractivity contribution in [1.29, 1.82) is 0 Å². The lowest BCUT2D eigenvalue weighted by molar-refractivity contribution is -0.380. The molecule has 0 saturated heterocycles. The Balaban J connectivity index is 1.97. The molecule has 0 aliphatic rings. The first-order chi connectivity index (χ1) is 8.56. The molecule has 0 aliphatic heterocycles. The number of nitro groups is 1. The van der Waals surface area contributed by atoms with Gasteiger partial charge in [-0.25, -0.2) is 14.8 Å². The molecule has 0 aliphatic carbocycles. The first kappa shape index (κ1) is 12.4. The Kier molecular flexibility index (Phi) is 3.48. The van der Waals surface area contributed by atoms with Crippen LogP contribution in [0.25, 0.3) is 0 Å². The second kappa shape index (κ2) is 5.06. The summed E-state index contributed by atoms with van der Waals surface area (Å²) in [6, 6.07) is 0. The number of hydrogen-bond donors (Lipinski definition) is 2. The van der Waals surface area contributed by atoms with Crippen molar-refractivity contribution in [2.45, 2.75) is 6.54 Å². The lowest BCUT2D eigenvalue weighted by atomic mass is 10.5. The number of nitrogens with one attached hydrogen (secondary N) is 1. The van der Waals surface area contributed by atoms with Crippen molar-refractivity contribution in [2.24, 2.45) is 0 Å². The summed E-state index contributed by atoms with van der Waals surface area (Å²) >= 11 is 2.11. The Bertz CT molecular complexity index is 541. The predicted octanol–water partition coefficient (Wildman–Crippen LogP) is 1.82. The fourth-order valence-corrected chi connectivity index (χ4v) is 2.41. The van der Waals surface area contributed by atoms with Crippen LogP contribution in [0.15, 0.2) is 11.6 Å². The van der Waals surface area contributed by atoms with E-state index in [4.69, 9.17) is 5.11 Å². The van der Waals surface area contributed by atoms with Crippen LogP contribution in [0.3, 0.4) is 0 Å². The molecule has 0 radical (unpaired) electrons. The average Bonchev–Trinajstić information content (AvgIpc) is 2.95. The van der Waals surface area contributed by atoms with Crippen molar-refractivity contribution in [2.75, 3.05) is 5.32 Å². The number of hydrogen-bond acceptors (Lipinski definition) is 8. The van der Waals surface area contributed by atoms with Crippen molar-refractivity contribution >= 4 is 38.8 Å². The molecule has 10 heteroatoms. The van der Waals surface area contributed by atoms with Gasteiger partial charge >= 0.3 is 11.0 Å². The van der Waals surface area contributed by atoms with Crippen LogP contribution < -0.4 is 5.32 Å². The normalized spacial score (nSPS) is 10.2. The SMILES string of the molecule is O=C(O)c1csc(CNc2ncc([N+](=O)[O-])s2)n1. The van der Waals surface area contributed by atoms with Crippen LogP contribution in [0.2, 0.25) is 0 Å². The van der Waals surface area contributed by atoms with E-state index in [-0.39, 0.29) is 17.2 Å². The molecule has 8 nitrogen and oxygen atoms in total. The molecule has 2 heterocycles. The third-order valence-corrected chi connectivity index (χ3v) is 3.59. The summed E-state index contributed by atoms with van der Waals surface area (Å²) in [5, 5.41) is 24.3. The van der Waals surface area contributed by atoms with Gasteiger partial charge in [-0.2, -0.15) is 0 Å². The predicted molar refractivity (Wildman–Crippen MR) is 65.2 cm³/mol. The van der Waals surface area contributed by atoms with Crippen molar-refractivity contribution in [3.05, 3.63) is 32.4 Å². The fraction of sp³-hybridized carbons (Fsp3) is 0.125. The molecular formula is C8H6N4O4S2. The van der Waals surface area contributed by atoms with Crippen molar-refractivity contribution < 1.29 is 14.8 Å². The molecule has 0 aromatic carbocycles. The number of aromatic nitrogens is 2. The van der Waals surface area contributed by atoms with Gasteiger partial charge in [0.15, 0.2) is 10.8 Å². The number of carboxylic acid groups (broad SMARTS) is 1. The van der Waals surface area contributed by atoms with Gasteiger partial charge in [0.25, 0.3) is 0 Å². The quantitative estimate of drug-likeness (QED) is 0.635. The van der Waals surface area contributed by atoms with Crippen LogP contribution in [0.4, 0.5) is 10.1 Å². The molecule has 94 valence electrons. The zero-order valence-electron chi connectivity index (χ0n) is 8.69. The van der Waals surface area contributed by atoms with Crippen LogP contribution in [-0.4, -0.2) is 26.0 Å². The Hall–Kier alpha value is -2.07. The molecule has 0 unspecified atom stereocenters. The number of thiazole rings is 2. The third kappa shape index (κ3) is 2.78. The van der Waals surface area contributed by atoms with Gasteiger partial charge in [0, 0.05) is 5.38 Å². The number of anilines is 1. The van der Waals surface area contributed by atoms with Gasteiger partial charge in [0.2, 0.25) is 0 Å². The van der Waals surface area contributed by atoms with E-state index in [9.17, 15) is 14.9 Å². The maximum atomic E-state index is 10.6. The zero-order chi connectivity index (χ0) is 13.1. The van der Waals surface area contributed by atoms with Crippen LogP contribution in [0, 0.1) is 10.1 Å².